The van der Waals surface area contributed by atoms with E-state index in [1.807, 2.05) is 6.92 Å². The Kier molecular flexibility index (Phi) is 4.34. The fourth-order valence-electron chi connectivity index (χ4n) is 1.68. The van der Waals surface area contributed by atoms with E-state index in [-0.39, 0.29) is 0 Å². The maximum absolute atomic E-state index is 11.1. The second kappa shape index (κ2) is 5.53. The van der Waals surface area contributed by atoms with Gasteiger partial charge in [-0.05, 0) is 6.42 Å². The highest BCUT2D eigenvalue weighted by molar-refractivity contribution is 5.71. The number of unbranched alkanes of at least 4 members (excludes halogenated alkanes) is 1. The van der Waals surface area contributed by atoms with Crippen molar-refractivity contribution in [1.29, 1.82) is 0 Å². The summed E-state index contributed by atoms with van der Waals surface area (Å²) in [6.07, 6.45) is 6.81. The average Bonchev–Trinajstić information content (AvgIpc) is 2.66. The van der Waals surface area contributed by atoms with E-state index in [0.717, 1.165) is 25.1 Å². The summed E-state index contributed by atoms with van der Waals surface area (Å²) in [6, 6.07) is -0.456. The van der Waals surface area contributed by atoms with Crippen LogP contribution in [0.25, 0.3) is 0 Å². The third-order valence-electron chi connectivity index (χ3n) is 2.52. The molecule has 0 aromatic carbocycles. The van der Waals surface area contributed by atoms with Crippen LogP contribution in [0.4, 0.5) is 0 Å². The number of imidazole rings is 1. The second-order valence-corrected chi connectivity index (χ2v) is 3.60. The molecule has 0 saturated heterocycles. The van der Waals surface area contributed by atoms with Gasteiger partial charge in [-0.2, -0.15) is 0 Å². The SMILES string of the molecule is CCCCC(C(=O)O)n1ccnc1CC. The van der Waals surface area contributed by atoms with Crippen LogP contribution in [0.2, 0.25) is 0 Å². The Bertz CT molecular complexity index is 320. The van der Waals surface area contributed by atoms with Gasteiger partial charge in [0.2, 0.25) is 0 Å². The molecule has 0 saturated carbocycles. The summed E-state index contributed by atoms with van der Waals surface area (Å²) < 4.78 is 1.78. The number of rotatable bonds is 6. The Morgan fingerprint density at radius 2 is 2.33 bits per heavy atom. The van der Waals surface area contributed by atoms with Gasteiger partial charge in [-0.15, -0.1) is 0 Å². The first-order valence-electron chi connectivity index (χ1n) is 5.45. The van der Waals surface area contributed by atoms with Gasteiger partial charge < -0.3 is 9.67 Å². The van der Waals surface area contributed by atoms with Crippen molar-refractivity contribution in [3.63, 3.8) is 0 Å². The summed E-state index contributed by atoms with van der Waals surface area (Å²) in [4.78, 5) is 15.3. The monoisotopic (exact) mass is 210 g/mol. The molecule has 1 aromatic heterocycles. The zero-order chi connectivity index (χ0) is 11.3. The minimum Gasteiger partial charge on any atom is -0.480 e. The van der Waals surface area contributed by atoms with Crippen molar-refractivity contribution in [2.75, 3.05) is 0 Å². The highest BCUT2D eigenvalue weighted by atomic mass is 16.4. The smallest absolute Gasteiger partial charge is 0.326 e. The molecular weight excluding hydrogens is 192 g/mol. The molecule has 84 valence electrons. The van der Waals surface area contributed by atoms with E-state index in [2.05, 4.69) is 11.9 Å². The predicted octanol–water partition coefficient (Wildman–Crippen LogP) is 2.26. The van der Waals surface area contributed by atoms with E-state index in [0.29, 0.717) is 6.42 Å². The van der Waals surface area contributed by atoms with Crippen molar-refractivity contribution in [2.24, 2.45) is 0 Å². The Morgan fingerprint density at radius 1 is 1.60 bits per heavy atom. The van der Waals surface area contributed by atoms with Gasteiger partial charge in [-0.3, -0.25) is 0 Å². The third-order valence-corrected chi connectivity index (χ3v) is 2.52. The lowest BCUT2D eigenvalue weighted by Gasteiger charge is -2.15. The molecule has 0 aliphatic carbocycles. The van der Waals surface area contributed by atoms with E-state index in [1.165, 1.54) is 0 Å². The number of aromatic nitrogens is 2. The van der Waals surface area contributed by atoms with Crippen LogP contribution in [-0.2, 0) is 11.2 Å². The first kappa shape index (κ1) is 11.8. The summed E-state index contributed by atoms with van der Waals surface area (Å²) >= 11 is 0. The number of carboxylic acid groups (broad SMARTS) is 1. The van der Waals surface area contributed by atoms with Crippen LogP contribution in [0.3, 0.4) is 0 Å². The van der Waals surface area contributed by atoms with Gasteiger partial charge in [-0.1, -0.05) is 26.7 Å². The van der Waals surface area contributed by atoms with Gasteiger partial charge >= 0.3 is 5.97 Å². The maximum Gasteiger partial charge on any atom is 0.326 e. The molecule has 1 aromatic rings. The Labute approximate surface area is 89.9 Å². The number of aryl methyl sites for hydroxylation is 1. The third kappa shape index (κ3) is 2.81. The molecule has 1 rings (SSSR count). The van der Waals surface area contributed by atoms with E-state index < -0.39 is 12.0 Å². The first-order chi connectivity index (χ1) is 7.20. The normalized spacial score (nSPS) is 12.7. The fraction of sp³-hybridized carbons (Fsp3) is 0.636. The van der Waals surface area contributed by atoms with Crippen LogP contribution in [0.15, 0.2) is 12.4 Å². The van der Waals surface area contributed by atoms with Crippen LogP contribution in [-0.4, -0.2) is 20.6 Å². The van der Waals surface area contributed by atoms with Crippen LogP contribution < -0.4 is 0 Å². The van der Waals surface area contributed by atoms with Crippen LogP contribution >= 0.6 is 0 Å². The summed E-state index contributed by atoms with van der Waals surface area (Å²) in [7, 11) is 0. The summed E-state index contributed by atoms with van der Waals surface area (Å²) in [5, 5.41) is 9.14. The second-order valence-electron chi connectivity index (χ2n) is 3.60. The van der Waals surface area contributed by atoms with Crippen molar-refractivity contribution in [3.8, 4) is 0 Å². The standard InChI is InChI=1S/C11H18N2O2/c1-3-5-6-9(11(14)15)13-8-7-12-10(13)4-2/h7-9H,3-6H2,1-2H3,(H,14,15). The van der Waals surface area contributed by atoms with Gasteiger partial charge in [0.05, 0.1) is 0 Å². The minimum absolute atomic E-state index is 0.456. The molecule has 0 fully saturated rings. The first-order valence-corrected chi connectivity index (χ1v) is 5.45. The Morgan fingerprint density at radius 3 is 2.87 bits per heavy atom. The molecule has 1 heterocycles. The molecule has 1 N–H and O–H groups in total. The molecule has 0 amide bonds. The zero-order valence-corrected chi connectivity index (χ0v) is 9.31. The highest BCUT2D eigenvalue weighted by Gasteiger charge is 2.20. The van der Waals surface area contributed by atoms with Crippen LogP contribution in [0, 0.1) is 0 Å². The van der Waals surface area contributed by atoms with Crippen molar-refractivity contribution in [3.05, 3.63) is 18.2 Å². The molecule has 0 aliphatic heterocycles. The highest BCUT2D eigenvalue weighted by Crippen LogP contribution is 2.17. The number of nitrogens with zero attached hydrogens (tertiary/aromatic N) is 2. The Balaban J connectivity index is 2.83. The topological polar surface area (TPSA) is 55.1 Å². The van der Waals surface area contributed by atoms with Crippen molar-refractivity contribution in [2.45, 2.75) is 45.6 Å². The van der Waals surface area contributed by atoms with Crippen molar-refractivity contribution in [1.82, 2.24) is 9.55 Å². The van der Waals surface area contributed by atoms with E-state index in [1.54, 1.807) is 17.0 Å². The average molecular weight is 210 g/mol. The lowest BCUT2D eigenvalue weighted by molar-refractivity contribution is -0.141. The molecule has 0 radical (unpaired) electrons. The van der Waals surface area contributed by atoms with Gasteiger partial charge in [0, 0.05) is 18.8 Å². The van der Waals surface area contributed by atoms with Crippen LogP contribution in [0.1, 0.15) is 45.0 Å². The van der Waals surface area contributed by atoms with Crippen molar-refractivity contribution < 1.29 is 9.90 Å². The Hall–Kier alpha value is -1.32. The van der Waals surface area contributed by atoms with E-state index >= 15 is 0 Å². The molecule has 1 atom stereocenters. The molecule has 0 bridgehead atoms. The number of carbonyl (C=O) groups is 1. The molecule has 0 aliphatic rings. The molecule has 15 heavy (non-hydrogen) atoms. The molecular formula is C11H18N2O2. The largest absolute Gasteiger partial charge is 0.480 e. The van der Waals surface area contributed by atoms with Gasteiger partial charge in [0.15, 0.2) is 0 Å². The maximum atomic E-state index is 11.1. The molecule has 4 nitrogen and oxygen atoms in total. The quantitative estimate of drug-likeness (QED) is 0.783. The molecule has 4 heteroatoms. The van der Waals surface area contributed by atoms with Crippen LogP contribution in [0.5, 0.6) is 0 Å². The molecule has 1 unspecified atom stereocenters. The predicted molar refractivity (Wildman–Crippen MR) is 57.8 cm³/mol. The van der Waals surface area contributed by atoms with Crippen molar-refractivity contribution >= 4 is 5.97 Å². The lowest BCUT2D eigenvalue weighted by Crippen LogP contribution is -2.20. The number of hydrogen-bond acceptors (Lipinski definition) is 2. The lowest BCUT2D eigenvalue weighted by atomic mass is 10.1. The minimum atomic E-state index is -0.767. The molecule has 0 spiro atoms. The van der Waals surface area contributed by atoms with Gasteiger partial charge in [-0.25, -0.2) is 9.78 Å². The summed E-state index contributed by atoms with van der Waals surface area (Å²) in [5.41, 5.74) is 0. The number of hydrogen-bond donors (Lipinski definition) is 1. The number of aliphatic carboxylic acids is 1. The van der Waals surface area contributed by atoms with Gasteiger partial charge in [0.25, 0.3) is 0 Å². The fourth-order valence-corrected chi connectivity index (χ4v) is 1.68. The zero-order valence-electron chi connectivity index (χ0n) is 9.31. The summed E-state index contributed by atoms with van der Waals surface area (Å²) in [6.45, 7) is 4.05. The number of carboxylic acids is 1. The van der Waals surface area contributed by atoms with Gasteiger partial charge in [0.1, 0.15) is 11.9 Å². The van der Waals surface area contributed by atoms with E-state index in [9.17, 15) is 4.79 Å². The summed E-state index contributed by atoms with van der Waals surface area (Å²) in [5.74, 6) is 0.0784. The van der Waals surface area contributed by atoms with E-state index in [4.69, 9.17) is 5.11 Å².